The molecule has 2 aromatic rings. The molecule has 0 bridgehead atoms. The highest BCUT2D eigenvalue weighted by Gasteiger charge is 2.32. The quantitative estimate of drug-likeness (QED) is 0.856. The number of pyridine rings is 1. The molecule has 1 aliphatic rings. The average molecular weight is 287 g/mol. The predicted molar refractivity (Wildman–Crippen MR) is 77.0 cm³/mol. The third kappa shape index (κ3) is 2.50. The zero-order chi connectivity index (χ0) is 14.9. The van der Waals surface area contributed by atoms with E-state index in [-0.39, 0.29) is 0 Å². The molecule has 1 aromatic carbocycles. The van der Waals surface area contributed by atoms with Crippen molar-refractivity contribution in [2.45, 2.75) is 18.4 Å². The van der Waals surface area contributed by atoms with Gasteiger partial charge >= 0.3 is 5.97 Å². The van der Waals surface area contributed by atoms with Crippen LogP contribution in [0.1, 0.15) is 28.8 Å². The van der Waals surface area contributed by atoms with E-state index in [1.807, 2.05) is 18.2 Å². The molecule has 5 nitrogen and oxygen atoms in total. The topological polar surface area (TPSA) is 68.7 Å². The van der Waals surface area contributed by atoms with Crippen LogP contribution in [0.5, 0.6) is 0 Å². The third-order valence-electron chi connectivity index (χ3n) is 4.00. The van der Waals surface area contributed by atoms with Gasteiger partial charge in [-0.15, -0.1) is 0 Å². The van der Waals surface area contributed by atoms with Crippen LogP contribution in [0.15, 0.2) is 30.5 Å². The zero-order valence-corrected chi connectivity index (χ0v) is 11.8. The largest absolute Gasteiger partial charge is 0.465 e. The van der Waals surface area contributed by atoms with Crippen LogP contribution in [-0.2, 0) is 15.1 Å². The Bertz CT molecular complexity index is 677. The minimum Gasteiger partial charge on any atom is -0.465 e. The van der Waals surface area contributed by atoms with Crippen molar-refractivity contribution < 1.29 is 19.4 Å². The van der Waals surface area contributed by atoms with Crippen LogP contribution in [0, 0.1) is 0 Å². The smallest absolute Gasteiger partial charge is 0.338 e. The number of carbonyl (C=O) groups excluding carboxylic acids is 1. The van der Waals surface area contributed by atoms with E-state index in [1.54, 1.807) is 12.3 Å². The number of nitrogens with zero attached hydrogens (tertiary/aromatic N) is 1. The molecule has 0 aliphatic carbocycles. The molecule has 0 amide bonds. The number of fused-ring (bicyclic) bond motifs is 1. The fourth-order valence-corrected chi connectivity index (χ4v) is 2.72. The van der Waals surface area contributed by atoms with E-state index in [2.05, 4.69) is 4.98 Å². The Morgan fingerprint density at radius 2 is 2.10 bits per heavy atom. The zero-order valence-electron chi connectivity index (χ0n) is 11.8. The molecule has 1 fully saturated rings. The molecule has 1 aliphatic heterocycles. The van der Waals surface area contributed by atoms with Crippen molar-refractivity contribution in [2.24, 2.45) is 0 Å². The normalized spacial score (nSPS) is 17.6. The number of benzene rings is 1. The molecule has 1 saturated heterocycles. The second-order valence-electron chi connectivity index (χ2n) is 5.23. The number of rotatable bonds is 2. The maximum atomic E-state index is 11.9. The van der Waals surface area contributed by atoms with Gasteiger partial charge in [-0.25, -0.2) is 4.79 Å². The molecule has 21 heavy (non-hydrogen) atoms. The fraction of sp³-hybridized carbons (Fsp3) is 0.375. The van der Waals surface area contributed by atoms with Gasteiger partial charge in [0, 0.05) is 37.6 Å². The van der Waals surface area contributed by atoms with Crippen molar-refractivity contribution in [3.05, 3.63) is 41.6 Å². The molecular weight excluding hydrogens is 270 g/mol. The van der Waals surface area contributed by atoms with Crippen molar-refractivity contribution in [2.75, 3.05) is 20.3 Å². The van der Waals surface area contributed by atoms with E-state index < -0.39 is 11.6 Å². The van der Waals surface area contributed by atoms with Crippen LogP contribution >= 0.6 is 0 Å². The molecule has 0 radical (unpaired) electrons. The first-order chi connectivity index (χ1) is 10.1. The number of aromatic nitrogens is 1. The predicted octanol–water partition coefficient (Wildman–Crippen LogP) is 2.02. The second-order valence-corrected chi connectivity index (χ2v) is 5.23. The number of esters is 1. The first-order valence-corrected chi connectivity index (χ1v) is 6.92. The number of hydrogen-bond donors (Lipinski definition) is 1. The molecule has 0 spiro atoms. The first-order valence-electron chi connectivity index (χ1n) is 6.92. The van der Waals surface area contributed by atoms with Crippen molar-refractivity contribution >= 4 is 16.9 Å². The summed E-state index contributed by atoms with van der Waals surface area (Å²) in [6.07, 6.45) is 2.68. The maximum absolute atomic E-state index is 11.9. The van der Waals surface area contributed by atoms with Gasteiger partial charge in [0.15, 0.2) is 0 Å². The van der Waals surface area contributed by atoms with E-state index in [9.17, 15) is 9.90 Å². The Morgan fingerprint density at radius 1 is 1.33 bits per heavy atom. The second kappa shape index (κ2) is 5.42. The van der Waals surface area contributed by atoms with Gasteiger partial charge in [-0.2, -0.15) is 0 Å². The average Bonchev–Trinajstić information content (AvgIpc) is 2.53. The highest BCUT2D eigenvalue weighted by Crippen LogP contribution is 2.33. The lowest BCUT2D eigenvalue weighted by Crippen LogP contribution is -2.33. The Kier molecular flexibility index (Phi) is 3.61. The van der Waals surface area contributed by atoms with Gasteiger partial charge in [0.1, 0.15) is 0 Å². The minimum atomic E-state index is -0.907. The summed E-state index contributed by atoms with van der Waals surface area (Å²) in [5, 5.41) is 11.5. The lowest BCUT2D eigenvalue weighted by atomic mass is 9.85. The fourth-order valence-electron chi connectivity index (χ4n) is 2.72. The van der Waals surface area contributed by atoms with Crippen molar-refractivity contribution in [3.8, 4) is 0 Å². The van der Waals surface area contributed by atoms with Gasteiger partial charge in [-0.1, -0.05) is 6.07 Å². The summed E-state index contributed by atoms with van der Waals surface area (Å²) in [6.45, 7) is 1.07. The van der Waals surface area contributed by atoms with E-state index in [4.69, 9.17) is 9.47 Å². The van der Waals surface area contributed by atoms with Crippen LogP contribution in [0.4, 0.5) is 0 Å². The molecule has 3 rings (SSSR count). The van der Waals surface area contributed by atoms with Gasteiger partial charge in [-0.3, -0.25) is 4.98 Å². The molecular formula is C16H17NO4. The SMILES string of the molecule is COC(=O)c1ccnc2ccc(C3(O)CCOCC3)cc12. The monoisotopic (exact) mass is 287 g/mol. The van der Waals surface area contributed by atoms with Crippen LogP contribution in [0.3, 0.4) is 0 Å². The van der Waals surface area contributed by atoms with Crippen molar-refractivity contribution in [1.29, 1.82) is 0 Å². The van der Waals surface area contributed by atoms with E-state index in [0.717, 1.165) is 5.56 Å². The number of carbonyl (C=O) groups is 1. The van der Waals surface area contributed by atoms with E-state index in [1.165, 1.54) is 7.11 Å². The molecule has 5 heteroatoms. The standard InChI is InChI=1S/C16H17NO4/c1-20-15(18)12-4-7-17-14-3-2-11(10-13(12)14)16(19)5-8-21-9-6-16/h2-4,7,10,19H,5-6,8-9H2,1H3. The first kappa shape index (κ1) is 14.0. The van der Waals surface area contributed by atoms with Gasteiger partial charge in [-0.05, 0) is 23.8 Å². The maximum Gasteiger partial charge on any atom is 0.338 e. The Labute approximate surface area is 122 Å². The summed E-state index contributed by atoms with van der Waals surface area (Å²) in [5.41, 5.74) is 1.05. The van der Waals surface area contributed by atoms with Gasteiger partial charge < -0.3 is 14.6 Å². The summed E-state index contributed by atoms with van der Waals surface area (Å²) < 4.78 is 10.1. The van der Waals surface area contributed by atoms with Crippen molar-refractivity contribution in [3.63, 3.8) is 0 Å². The molecule has 110 valence electrons. The number of methoxy groups -OCH3 is 1. The Morgan fingerprint density at radius 3 is 2.81 bits per heavy atom. The van der Waals surface area contributed by atoms with Crippen molar-refractivity contribution in [1.82, 2.24) is 4.98 Å². The lowest BCUT2D eigenvalue weighted by molar-refractivity contribution is -0.0678. The highest BCUT2D eigenvalue weighted by atomic mass is 16.5. The molecule has 0 atom stereocenters. The number of hydrogen-bond acceptors (Lipinski definition) is 5. The molecule has 1 aromatic heterocycles. The van der Waals surface area contributed by atoms with E-state index >= 15 is 0 Å². The number of aliphatic hydroxyl groups is 1. The van der Waals surface area contributed by atoms with Crippen LogP contribution in [0.2, 0.25) is 0 Å². The van der Waals surface area contributed by atoms with Crippen LogP contribution < -0.4 is 0 Å². The minimum absolute atomic E-state index is 0.404. The summed E-state index contributed by atoms with van der Waals surface area (Å²) in [5.74, 6) is -0.404. The lowest BCUT2D eigenvalue weighted by Gasteiger charge is -2.32. The molecule has 2 heterocycles. The Balaban J connectivity index is 2.12. The summed E-state index contributed by atoms with van der Waals surface area (Å²) >= 11 is 0. The van der Waals surface area contributed by atoms with Gasteiger partial charge in [0.2, 0.25) is 0 Å². The molecule has 0 saturated carbocycles. The van der Waals surface area contributed by atoms with Crippen LogP contribution in [-0.4, -0.2) is 36.4 Å². The third-order valence-corrected chi connectivity index (χ3v) is 4.00. The molecule has 1 N–H and O–H groups in total. The van der Waals surface area contributed by atoms with Crippen LogP contribution in [0.25, 0.3) is 10.9 Å². The summed E-state index contributed by atoms with van der Waals surface area (Å²) in [6, 6.07) is 7.15. The van der Waals surface area contributed by atoms with Gasteiger partial charge in [0.05, 0.1) is 23.8 Å². The summed E-state index contributed by atoms with van der Waals surface area (Å²) in [4.78, 5) is 16.1. The van der Waals surface area contributed by atoms with E-state index in [0.29, 0.717) is 42.5 Å². The Hall–Kier alpha value is -1.98. The molecule has 0 unspecified atom stereocenters. The highest BCUT2D eigenvalue weighted by molar-refractivity contribution is 6.03. The van der Waals surface area contributed by atoms with Gasteiger partial charge in [0.25, 0.3) is 0 Å². The summed E-state index contributed by atoms with van der Waals surface area (Å²) in [7, 11) is 1.35. The number of ether oxygens (including phenoxy) is 2.